The van der Waals surface area contributed by atoms with Crippen molar-refractivity contribution in [2.45, 2.75) is 63.1 Å². The summed E-state index contributed by atoms with van der Waals surface area (Å²) in [5.74, 6) is -5.21. The molecule has 0 bridgehead atoms. The summed E-state index contributed by atoms with van der Waals surface area (Å²) in [6, 6.07) is 2.42. The van der Waals surface area contributed by atoms with E-state index in [1.165, 1.54) is 6.92 Å². The van der Waals surface area contributed by atoms with Gasteiger partial charge < -0.3 is 10.8 Å². The fraction of sp³-hybridized carbons (Fsp3) is 0.650. The van der Waals surface area contributed by atoms with Gasteiger partial charge in [0, 0.05) is 26.6 Å². The third-order valence-corrected chi connectivity index (χ3v) is 8.32. The highest BCUT2D eigenvalue weighted by Gasteiger charge is 2.73. The van der Waals surface area contributed by atoms with Crippen LogP contribution in [0.25, 0.3) is 0 Å². The van der Waals surface area contributed by atoms with E-state index in [0.717, 1.165) is 24.3 Å². The van der Waals surface area contributed by atoms with E-state index in [-0.39, 0.29) is 42.8 Å². The summed E-state index contributed by atoms with van der Waals surface area (Å²) in [6.07, 6.45) is -4.96. The monoisotopic (exact) mass is 470 g/mol. The molecule has 0 aliphatic heterocycles. The molecule has 0 amide bonds. The lowest BCUT2D eigenvalue weighted by atomic mass is 9.46. The van der Waals surface area contributed by atoms with Crippen molar-refractivity contribution < 1.29 is 36.1 Å². The van der Waals surface area contributed by atoms with E-state index in [0.29, 0.717) is 0 Å². The van der Waals surface area contributed by atoms with E-state index in [1.807, 2.05) is 0 Å². The molecule has 4 unspecified atom stereocenters. The number of nitrogens with two attached hydrogens (primary N) is 1. The van der Waals surface area contributed by atoms with Crippen LogP contribution in [0.5, 0.6) is 0 Å². The summed E-state index contributed by atoms with van der Waals surface area (Å²) in [7, 11) is -3.31. The number of aliphatic carboxylic acids is 1. The number of halogens is 5. The van der Waals surface area contributed by atoms with Crippen molar-refractivity contribution in [1.82, 2.24) is 0 Å². The molecule has 5 nitrogen and oxygen atoms in total. The molecule has 0 aromatic heterocycles. The molecule has 4 N–H and O–H groups in total. The number of nitrogens with one attached hydrogen (secondary N) is 1. The Morgan fingerprint density at radius 3 is 2.23 bits per heavy atom. The second kappa shape index (κ2) is 8.31. The van der Waals surface area contributed by atoms with Crippen LogP contribution in [-0.2, 0) is 26.1 Å². The van der Waals surface area contributed by atoms with Gasteiger partial charge in [0.15, 0.2) is 0 Å². The van der Waals surface area contributed by atoms with E-state index in [4.69, 9.17) is 15.6 Å². The van der Waals surface area contributed by atoms with Gasteiger partial charge in [0.1, 0.15) is 6.04 Å². The molecule has 1 saturated carbocycles. The van der Waals surface area contributed by atoms with Gasteiger partial charge in [-0.3, -0.25) is 9.57 Å². The lowest BCUT2D eigenvalue weighted by Gasteiger charge is -2.61. The number of rotatable bonds is 9. The topological polar surface area (TPSA) is 104 Å². The van der Waals surface area contributed by atoms with Gasteiger partial charge in [-0.1, -0.05) is 19.1 Å². The van der Waals surface area contributed by atoms with Gasteiger partial charge in [0.05, 0.1) is 11.0 Å². The standard InChI is InChI=1S/C20H27F5N2O3S/c1-3-18(9-11-31(27,30)10-8-15(26)16(28)29)12-17(2,20(18,24)25)13-4-6-14(7-5-13)19(21,22)23/h4-7,15,27H,3,8-12,26H2,1-2H3,(H,28,29). The lowest BCUT2D eigenvalue weighted by molar-refractivity contribution is -0.266. The summed E-state index contributed by atoms with van der Waals surface area (Å²) >= 11 is 0. The van der Waals surface area contributed by atoms with Crippen molar-refractivity contribution >= 4 is 15.7 Å². The summed E-state index contributed by atoms with van der Waals surface area (Å²) in [4.78, 5) is 10.8. The molecule has 0 radical (unpaired) electrons. The van der Waals surface area contributed by atoms with Crippen molar-refractivity contribution in [3.63, 3.8) is 0 Å². The van der Waals surface area contributed by atoms with Crippen molar-refractivity contribution in [1.29, 1.82) is 4.78 Å². The second-order valence-electron chi connectivity index (χ2n) is 8.50. The Balaban J connectivity index is 2.16. The molecule has 4 atom stereocenters. The maximum Gasteiger partial charge on any atom is 0.416 e. The predicted molar refractivity (Wildman–Crippen MR) is 107 cm³/mol. The summed E-state index contributed by atoms with van der Waals surface area (Å²) in [5.41, 5.74) is 1.31. The summed E-state index contributed by atoms with van der Waals surface area (Å²) in [5, 5.41) is 8.78. The van der Waals surface area contributed by atoms with Gasteiger partial charge in [-0.15, -0.1) is 0 Å². The first kappa shape index (κ1) is 25.5. The van der Waals surface area contributed by atoms with Crippen LogP contribution >= 0.6 is 0 Å². The Bertz CT molecular complexity index is 918. The van der Waals surface area contributed by atoms with Gasteiger partial charge in [0.2, 0.25) is 0 Å². The number of benzene rings is 1. The molecule has 31 heavy (non-hydrogen) atoms. The summed E-state index contributed by atoms with van der Waals surface area (Å²) in [6.45, 7) is 2.86. The van der Waals surface area contributed by atoms with Crippen LogP contribution in [0.1, 0.15) is 50.7 Å². The quantitative estimate of drug-likeness (QED) is 0.458. The molecule has 176 valence electrons. The van der Waals surface area contributed by atoms with Crippen molar-refractivity contribution in [2.75, 3.05) is 11.5 Å². The number of alkyl halides is 5. The predicted octanol–water partition coefficient (Wildman–Crippen LogP) is 4.64. The SMILES string of the molecule is CCC1(CCS(=N)(=O)CCC(N)C(=O)O)CC(C)(c2ccc(C(F)(F)F)cc2)C1(F)F. The first-order chi connectivity index (χ1) is 14.0. The highest BCUT2D eigenvalue weighted by Crippen LogP contribution is 2.68. The zero-order chi connectivity index (χ0) is 23.9. The van der Waals surface area contributed by atoms with Crippen LogP contribution in [0.2, 0.25) is 0 Å². The van der Waals surface area contributed by atoms with Crippen LogP contribution in [0.3, 0.4) is 0 Å². The van der Waals surface area contributed by atoms with Gasteiger partial charge in [-0.05, 0) is 50.3 Å². The van der Waals surface area contributed by atoms with E-state index in [9.17, 15) is 22.2 Å². The van der Waals surface area contributed by atoms with Crippen LogP contribution in [0, 0.1) is 10.2 Å². The molecular formula is C20H27F5N2O3S. The Kier molecular flexibility index (Phi) is 6.84. The average molecular weight is 471 g/mol. The molecule has 11 heteroatoms. The fourth-order valence-electron chi connectivity index (χ4n) is 4.36. The van der Waals surface area contributed by atoms with Crippen LogP contribution < -0.4 is 5.73 Å². The fourth-order valence-corrected chi connectivity index (χ4v) is 5.92. The van der Waals surface area contributed by atoms with E-state index < -0.39 is 50.2 Å². The minimum Gasteiger partial charge on any atom is -0.480 e. The Morgan fingerprint density at radius 2 is 1.81 bits per heavy atom. The number of hydrogen-bond acceptors (Lipinski definition) is 4. The van der Waals surface area contributed by atoms with Crippen molar-refractivity contribution in [3.8, 4) is 0 Å². The molecular weight excluding hydrogens is 443 g/mol. The average Bonchev–Trinajstić information content (AvgIpc) is 2.68. The number of hydrogen-bond donors (Lipinski definition) is 3. The second-order valence-corrected chi connectivity index (χ2v) is 10.9. The van der Waals surface area contributed by atoms with Crippen LogP contribution in [0.15, 0.2) is 24.3 Å². The van der Waals surface area contributed by atoms with Gasteiger partial charge in [0.25, 0.3) is 5.92 Å². The van der Waals surface area contributed by atoms with Crippen LogP contribution in [-0.4, -0.2) is 38.8 Å². The molecule has 1 aromatic carbocycles. The van der Waals surface area contributed by atoms with Crippen molar-refractivity contribution in [2.24, 2.45) is 11.1 Å². The number of carbonyl (C=O) groups is 1. The molecule has 1 aliphatic rings. The number of carboxylic acids is 1. The zero-order valence-electron chi connectivity index (χ0n) is 17.3. The third kappa shape index (κ3) is 4.72. The first-order valence-corrected chi connectivity index (χ1v) is 11.7. The maximum atomic E-state index is 15.4. The largest absolute Gasteiger partial charge is 0.480 e. The first-order valence-electron chi connectivity index (χ1n) is 9.79. The highest BCUT2D eigenvalue weighted by molar-refractivity contribution is 7.92. The molecule has 0 saturated heterocycles. The van der Waals surface area contributed by atoms with Crippen molar-refractivity contribution in [3.05, 3.63) is 35.4 Å². The van der Waals surface area contributed by atoms with Crippen LogP contribution in [0.4, 0.5) is 22.0 Å². The normalized spacial score (nSPS) is 28.4. The molecule has 1 fully saturated rings. The van der Waals surface area contributed by atoms with E-state index in [2.05, 4.69) is 0 Å². The minimum atomic E-state index is -4.56. The van der Waals surface area contributed by atoms with Gasteiger partial charge in [-0.25, -0.2) is 13.0 Å². The Labute approximate surface area is 178 Å². The van der Waals surface area contributed by atoms with Gasteiger partial charge >= 0.3 is 12.1 Å². The third-order valence-electron chi connectivity index (χ3n) is 6.56. The summed E-state index contributed by atoms with van der Waals surface area (Å²) < 4.78 is 89.6. The molecule has 2 rings (SSSR count). The zero-order valence-corrected chi connectivity index (χ0v) is 18.1. The van der Waals surface area contributed by atoms with Gasteiger partial charge in [-0.2, -0.15) is 13.2 Å². The van der Waals surface area contributed by atoms with E-state index >= 15 is 8.78 Å². The number of carboxylic acid groups (broad SMARTS) is 1. The smallest absolute Gasteiger partial charge is 0.416 e. The Hall–Kier alpha value is -1.75. The highest BCUT2D eigenvalue weighted by atomic mass is 32.2. The molecule has 0 spiro atoms. The molecule has 1 aliphatic carbocycles. The lowest BCUT2D eigenvalue weighted by Crippen LogP contribution is -2.67. The maximum absolute atomic E-state index is 15.4. The molecule has 1 aromatic rings. The minimum absolute atomic E-state index is 0.0287. The molecule has 0 heterocycles. The van der Waals surface area contributed by atoms with E-state index in [1.54, 1.807) is 6.92 Å². The Morgan fingerprint density at radius 1 is 1.26 bits per heavy atom.